The average molecular weight is 214 g/mol. The molecule has 0 saturated heterocycles. The van der Waals surface area contributed by atoms with Crippen molar-refractivity contribution in [1.82, 2.24) is 0 Å². The van der Waals surface area contributed by atoms with Crippen molar-refractivity contribution in [2.45, 2.75) is 53.6 Å². The van der Waals surface area contributed by atoms with Crippen LogP contribution < -0.4 is 0 Å². The van der Waals surface area contributed by atoms with Gasteiger partial charge in [0, 0.05) is 7.11 Å². The Labute approximate surface area is 94.7 Å². The first kappa shape index (κ1) is 14.5. The van der Waals surface area contributed by atoms with Gasteiger partial charge in [-0.25, -0.2) is 0 Å². The lowest BCUT2D eigenvalue weighted by atomic mass is 9.98. The summed E-state index contributed by atoms with van der Waals surface area (Å²) in [6, 6.07) is 0. The largest absolute Gasteiger partial charge is 0.498 e. The molecule has 1 unspecified atom stereocenters. The van der Waals surface area contributed by atoms with E-state index >= 15 is 0 Å². The van der Waals surface area contributed by atoms with Crippen LogP contribution in [-0.2, 0) is 9.47 Å². The number of hydrogen-bond donors (Lipinski definition) is 0. The third-order valence-corrected chi connectivity index (χ3v) is 2.65. The van der Waals surface area contributed by atoms with E-state index < -0.39 is 0 Å². The summed E-state index contributed by atoms with van der Waals surface area (Å²) in [4.78, 5) is 0. The lowest BCUT2D eigenvalue weighted by Gasteiger charge is -2.19. The van der Waals surface area contributed by atoms with Crippen LogP contribution in [0.4, 0.5) is 0 Å². The third-order valence-electron chi connectivity index (χ3n) is 2.65. The van der Waals surface area contributed by atoms with Crippen molar-refractivity contribution in [3.05, 3.63) is 11.3 Å². The SMILES string of the molecule is CCOC(C)=C(CCC(C)C)C(C)OC. The van der Waals surface area contributed by atoms with Gasteiger partial charge in [-0.15, -0.1) is 0 Å². The summed E-state index contributed by atoms with van der Waals surface area (Å²) >= 11 is 0. The highest BCUT2D eigenvalue weighted by molar-refractivity contribution is 5.11. The topological polar surface area (TPSA) is 18.5 Å². The average Bonchev–Trinajstić information content (AvgIpc) is 2.17. The molecule has 15 heavy (non-hydrogen) atoms. The zero-order valence-electron chi connectivity index (χ0n) is 11.1. The molecule has 0 heterocycles. The van der Waals surface area contributed by atoms with Crippen molar-refractivity contribution in [1.29, 1.82) is 0 Å². The second kappa shape index (κ2) is 7.75. The molecule has 0 N–H and O–H groups in total. The quantitative estimate of drug-likeness (QED) is 0.601. The maximum atomic E-state index is 5.56. The monoisotopic (exact) mass is 214 g/mol. The molecule has 90 valence electrons. The van der Waals surface area contributed by atoms with Crippen molar-refractivity contribution >= 4 is 0 Å². The van der Waals surface area contributed by atoms with E-state index in [1.807, 2.05) is 13.8 Å². The molecule has 2 heteroatoms. The molecule has 0 aromatic rings. The number of allylic oxidation sites excluding steroid dienone is 1. The molecule has 0 aromatic carbocycles. The highest BCUT2D eigenvalue weighted by atomic mass is 16.5. The summed E-state index contributed by atoms with van der Waals surface area (Å²) in [7, 11) is 1.75. The Balaban J connectivity index is 4.49. The molecular formula is C13H26O2. The van der Waals surface area contributed by atoms with Crippen LogP contribution in [0.3, 0.4) is 0 Å². The van der Waals surface area contributed by atoms with E-state index in [0.29, 0.717) is 0 Å². The van der Waals surface area contributed by atoms with Crippen molar-refractivity contribution < 1.29 is 9.47 Å². The molecule has 0 radical (unpaired) electrons. The second-order valence-electron chi connectivity index (χ2n) is 4.32. The predicted molar refractivity (Wildman–Crippen MR) is 64.9 cm³/mol. The summed E-state index contributed by atoms with van der Waals surface area (Å²) in [5.74, 6) is 1.76. The summed E-state index contributed by atoms with van der Waals surface area (Å²) in [5, 5.41) is 0. The molecule has 0 aliphatic heterocycles. The first-order chi connectivity index (χ1) is 7.02. The number of methoxy groups -OCH3 is 1. The van der Waals surface area contributed by atoms with Crippen LogP contribution in [0.2, 0.25) is 0 Å². The Morgan fingerprint density at radius 3 is 2.20 bits per heavy atom. The molecule has 0 aliphatic carbocycles. The Kier molecular flexibility index (Phi) is 7.49. The Bertz CT molecular complexity index is 195. The summed E-state index contributed by atoms with van der Waals surface area (Å²) in [6.45, 7) is 11.3. The lowest BCUT2D eigenvalue weighted by molar-refractivity contribution is 0.131. The van der Waals surface area contributed by atoms with Crippen LogP contribution in [0.15, 0.2) is 11.3 Å². The van der Waals surface area contributed by atoms with Gasteiger partial charge < -0.3 is 9.47 Å². The molecule has 0 aromatic heterocycles. The molecule has 2 nitrogen and oxygen atoms in total. The van der Waals surface area contributed by atoms with Crippen molar-refractivity contribution in [2.75, 3.05) is 13.7 Å². The Hall–Kier alpha value is -0.500. The van der Waals surface area contributed by atoms with Gasteiger partial charge in [0.05, 0.1) is 18.5 Å². The minimum atomic E-state index is 0.162. The molecule has 0 fully saturated rings. The highest BCUT2D eigenvalue weighted by Crippen LogP contribution is 2.21. The Morgan fingerprint density at radius 1 is 1.20 bits per heavy atom. The number of hydrogen-bond acceptors (Lipinski definition) is 2. The van der Waals surface area contributed by atoms with Crippen LogP contribution in [0.1, 0.15) is 47.5 Å². The van der Waals surface area contributed by atoms with Crippen molar-refractivity contribution in [3.63, 3.8) is 0 Å². The molecule has 0 saturated carbocycles. The first-order valence-electron chi connectivity index (χ1n) is 5.88. The molecular weight excluding hydrogens is 188 g/mol. The molecule has 0 spiro atoms. The number of rotatable bonds is 7. The molecule has 0 bridgehead atoms. The Morgan fingerprint density at radius 2 is 1.80 bits per heavy atom. The van der Waals surface area contributed by atoms with Crippen LogP contribution in [-0.4, -0.2) is 19.8 Å². The van der Waals surface area contributed by atoms with Crippen LogP contribution in [0, 0.1) is 5.92 Å². The van der Waals surface area contributed by atoms with E-state index in [-0.39, 0.29) is 6.10 Å². The summed E-state index contributed by atoms with van der Waals surface area (Å²) in [6.07, 6.45) is 2.42. The van der Waals surface area contributed by atoms with Gasteiger partial charge in [0.1, 0.15) is 0 Å². The molecule has 1 atom stereocenters. The smallest absolute Gasteiger partial charge is 0.0946 e. The van der Waals surface area contributed by atoms with Gasteiger partial charge in [0.25, 0.3) is 0 Å². The minimum Gasteiger partial charge on any atom is -0.498 e. The predicted octanol–water partition coefficient (Wildman–Crippen LogP) is 3.77. The number of ether oxygens (including phenoxy) is 2. The second-order valence-corrected chi connectivity index (χ2v) is 4.32. The van der Waals surface area contributed by atoms with E-state index in [2.05, 4.69) is 20.8 Å². The van der Waals surface area contributed by atoms with Crippen LogP contribution >= 0.6 is 0 Å². The summed E-state index contributed by atoms with van der Waals surface area (Å²) < 4.78 is 10.9. The van der Waals surface area contributed by atoms with Gasteiger partial charge in [-0.05, 0) is 45.1 Å². The molecule has 0 amide bonds. The van der Waals surface area contributed by atoms with E-state index in [1.54, 1.807) is 7.11 Å². The van der Waals surface area contributed by atoms with Crippen molar-refractivity contribution in [2.24, 2.45) is 5.92 Å². The molecule has 0 rings (SSSR count). The van der Waals surface area contributed by atoms with Crippen LogP contribution in [0.5, 0.6) is 0 Å². The van der Waals surface area contributed by atoms with E-state index in [4.69, 9.17) is 9.47 Å². The van der Waals surface area contributed by atoms with E-state index in [9.17, 15) is 0 Å². The van der Waals surface area contributed by atoms with Gasteiger partial charge in [-0.1, -0.05) is 13.8 Å². The maximum absolute atomic E-state index is 5.56. The zero-order valence-corrected chi connectivity index (χ0v) is 11.1. The standard InChI is InChI=1S/C13H26O2/c1-7-15-12(5)13(11(4)14-6)9-8-10(2)3/h10-11H,7-9H2,1-6H3. The fourth-order valence-corrected chi connectivity index (χ4v) is 1.56. The van der Waals surface area contributed by atoms with Crippen molar-refractivity contribution in [3.8, 4) is 0 Å². The van der Waals surface area contributed by atoms with Gasteiger partial charge in [0.15, 0.2) is 0 Å². The van der Waals surface area contributed by atoms with E-state index in [1.165, 1.54) is 12.0 Å². The first-order valence-corrected chi connectivity index (χ1v) is 5.88. The van der Waals surface area contributed by atoms with Gasteiger partial charge in [-0.3, -0.25) is 0 Å². The fourth-order valence-electron chi connectivity index (χ4n) is 1.56. The normalized spacial score (nSPS) is 15.1. The van der Waals surface area contributed by atoms with Gasteiger partial charge >= 0.3 is 0 Å². The maximum Gasteiger partial charge on any atom is 0.0946 e. The molecule has 0 aliphatic rings. The van der Waals surface area contributed by atoms with Gasteiger partial charge in [-0.2, -0.15) is 0 Å². The summed E-state index contributed by atoms with van der Waals surface area (Å²) in [5.41, 5.74) is 1.30. The van der Waals surface area contributed by atoms with Crippen LogP contribution in [0.25, 0.3) is 0 Å². The highest BCUT2D eigenvalue weighted by Gasteiger charge is 2.12. The lowest BCUT2D eigenvalue weighted by Crippen LogP contribution is -2.12. The fraction of sp³-hybridized carbons (Fsp3) is 0.846. The van der Waals surface area contributed by atoms with Gasteiger partial charge in [0.2, 0.25) is 0 Å². The zero-order chi connectivity index (χ0) is 11.8. The van der Waals surface area contributed by atoms with E-state index in [0.717, 1.165) is 24.7 Å². The third kappa shape index (κ3) is 5.83. The minimum absolute atomic E-state index is 0.162.